The van der Waals surface area contributed by atoms with Crippen LogP contribution < -0.4 is 16.0 Å². The van der Waals surface area contributed by atoms with Gasteiger partial charge in [0.1, 0.15) is 5.54 Å². The van der Waals surface area contributed by atoms with Gasteiger partial charge in [-0.15, -0.1) is 0 Å². The fourth-order valence-corrected chi connectivity index (χ4v) is 3.10. The van der Waals surface area contributed by atoms with E-state index in [0.717, 1.165) is 24.3 Å². The van der Waals surface area contributed by atoms with E-state index >= 15 is 0 Å². The van der Waals surface area contributed by atoms with Gasteiger partial charge < -0.3 is 16.0 Å². The van der Waals surface area contributed by atoms with E-state index in [4.69, 9.17) is 0 Å². The number of rotatable bonds is 5. The lowest BCUT2D eigenvalue weighted by Crippen LogP contribution is -2.52. The average molecular weight is 341 g/mol. The smallest absolute Gasteiger partial charge is 0.252 e. The van der Waals surface area contributed by atoms with Crippen molar-refractivity contribution in [2.75, 3.05) is 18.4 Å². The lowest BCUT2D eigenvalue weighted by molar-refractivity contribution is -0.126. The molecular weight excluding hydrogens is 318 g/mol. The summed E-state index contributed by atoms with van der Waals surface area (Å²) in [6, 6.07) is 9.34. The lowest BCUT2D eigenvalue weighted by atomic mass is 9.87. The summed E-state index contributed by atoms with van der Waals surface area (Å²) >= 11 is 0. The molecule has 2 heterocycles. The summed E-state index contributed by atoms with van der Waals surface area (Å²) in [5.41, 5.74) is 1.06. The highest BCUT2D eigenvalue weighted by Gasteiger charge is 2.41. The number of carbonyl (C=O) groups excluding carboxylic acids is 2. The normalized spacial score (nSPS) is 16.2. The van der Waals surface area contributed by atoms with E-state index in [-0.39, 0.29) is 11.8 Å². The molecule has 0 spiro atoms. The number of anilines is 1. The van der Waals surface area contributed by atoms with E-state index < -0.39 is 5.54 Å². The van der Waals surface area contributed by atoms with Crippen molar-refractivity contribution in [1.82, 2.24) is 20.4 Å². The zero-order valence-corrected chi connectivity index (χ0v) is 14.3. The maximum Gasteiger partial charge on any atom is 0.252 e. The third kappa shape index (κ3) is 3.88. The Labute approximate surface area is 146 Å². The summed E-state index contributed by atoms with van der Waals surface area (Å²) in [7, 11) is 0. The van der Waals surface area contributed by atoms with Crippen molar-refractivity contribution in [2.24, 2.45) is 0 Å². The second-order valence-corrected chi connectivity index (χ2v) is 6.29. The Balaban J connectivity index is 1.72. The van der Waals surface area contributed by atoms with Gasteiger partial charge in [-0.25, -0.2) is 0 Å². The monoisotopic (exact) mass is 341 g/mol. The molecule has 0 atom stereocenters. The van der Waals surface area contributed by atoms with E-state index in [1.165, 1.54) is 6.92 Å². The fourth-order valence-electron chi connectivity index (χ4n) is 3.10. The first-order chi connectivity index (χ1) is 12.1. The predicted molar refractivity (Wildman–Crippen MR) is 94.9 cm³/mol. The summed E-state index contributed by atoms with van der Waals surface area (Å²) in [6.45, 7) is 3.53. The van der Waals surface area contributed by atoms with Crippen LogP contribution in [0.3, 0.4) is 0 Å². The average Bonchev–Trinajstić information content (AvgIpc) is 3.17. The van der Waals surface area contributed by atoms with E-state index in [2.05, 4.69) is 21.0 Å². The molecule has 1 fully saturated rings. The van der Waals surface area contributed by atoms with Gasteiger partial charge in [-0.05, 0) is 49.7 Å². The molecule has 0 unspecified atom stereocenters. The zero-order chi connectivity index (χ0) is 17.7. The molecule has 7 heteroatoms. The lowest BCUT2D eigenvalue weighted by Gasteiger charge is -2.36. The van der Waals surface area contributed by atoms with Gasteiger partial charge in [0.05, 0.1) is 0 Å². The molecule has 1 aromatic carbocycles. The molecule has 0 saturated carbocycles. The van der Waals surface area contributed by atoms with Gasteiger partial charge in [0.25, 0.3) is 5.91 Å². The topological polar surface area (TPSA) is 88.1 Å². The number of aromatic nitrogens is 2. The maximum absolute atomic E-state index is 13.0. The van der Waals surface area contributed by atoms with Crippen LogP contribution in [-0.2, 0) is 21.7 Å². The summed E-state index contributed by atoms with van der Waals surface area (Å²) in [5.74, 6) is -0.114. The molecular formula is C18H23N5O2. The quantitative estimate of drug-likeness (QED) is 0.763. The number of hydrogen-bond acceptors (Lipinski definition) is 4. The largest absolute Gasteiger partial charge is 0.352 e. The number of amides is 2. The molecule has 3 N–H and O–H groups in total. The maximum atomic E-state index is 13.0. The fraction of sp³-hybridized carbons (Fsp3) is 0.389. The first-order valence-corrected chi connectivity index (χ1v) is 8.46. The number of nitrogens with zero attached hydrogens (tertiary/aromatic N) is 2. The minimum Gasteiger partial charge on any atom is -0.352 e. The summed E-state index contributed by atoms with van der Waals surface area (Å²) in [6.07, 6.45) is 4.94. The van der Waals surface area contributed by atoms with Crippen LogP contribution in [0.1, 0.15) is 25.3 Å². The Morgan fingerprint density at radius 1 is 1.24 bits per heavy atom. The van der Waals surface area contributed by atoms with E-state index in [9.17, 15) is 9.59 Å². The molecule has 3 rings (SSSR count). The van der Waals surface area contributed by atoms with Crippen molar-refractivity contribution in [3.05, 3.63) is 48.3 Å². The molecule has 0 aliphatic carbocycles. The van der Waals surface area contributed by atoms with E-state index in [1.54, 1.807) is 10.9 Å². The van der Waals surface area contributed by atoms with Crippen molar-refractivity contribution in [2.45, 2.75) is 31.8 Å². The highest BCUT2D eigenvalue weighted by Crippen LogP contribution is 2.28. The van der Waals surface area contributed by atoms with Gasteiger partial charge in [0.2, 0.25) is 5.91 Å². The van der Waals surface area contributed by atoms with E-state index in [1.807, 2.05) is 36.5 Å². The van der Waals surface area contributed by atoms with Gasteiger partial charge >= 0.3 is 0 Å². The minimum atomic E-state index is -0.663. The summed E-state index contributed by atoms with van der Waals surface area (Å²) in [5, 5.41) is 13.4. The Morgan fingerprint density at radius 2 is 1.96 bits per heavy atom. The third-order valence-corrected chi connectivity index (χ3v) is 4.55. The van der Waals surface area contributed by atoms with Gasteiger partial charge in [0, 0.05) is 31.5 Å². The number of piperidine rings is 1. The molecule has 0 radical (unpaired) electrons. The van der Waals surface area contributed by atoms with Crippen molar-refractivity contribution in [3.8, 4) is 0 Å². The Bertz CT molecular complexity index is 718. The SMILES string of the molecule is CC(=O)NCc1ccc(NC(=O)C2(n3cccn3)CCNCC2)cc1. The first kappa shape index (κ1) is 17.2. The van der Waals surface area contributed by atoms with Gasteiger partial charge in [-0.3, -0.25) is 14.3 Å². The number of benzene rings is 1. The molecule has 0 bridgehead atoms. The molecule has 7 nitrogen and oxygen atoms in total. The predicted octanol–water partition coefficient (Wildman–Crippen LogP) is 1.24. The molecule has 25 heavy (non-hydrogen) atoms. The zero-order valence-electron chi connectivity index (χ0n) is 14.3. The third-order valence-electron chi connectivity index (χ3n) is 4.55. The van der Waals surface area contributed by atoms with Crippen LogP contribution in [0.5, 0.6) is 0 Å². The van der Waals surface area contributed by atoms with Crippen LogP contribution in [-0.4, -0.2) is 34.7 Å². The Kier molecular flexibility index (Phi) is 5.14. The highest BCUT2D eigenvalue weighted by atomic mass is 16.2. The summed E-state index contributed by atoms with van der Waals surface area (Å²) in [4.78, 5) is 24.0. The van der Waals surface area contributed by atoms with Crippen LogP contribution in [0, 0.1) is 0 Å². The van der Waals surface area contributed by atoms with Crippen LogP contribution in [0.2, 0.25) is 0 Å². The molecule has 2 aromatic rings. The van der Waals surface area contributed by atoms with Crippen LogP contribution in [0.15, 0.2) is 42.7 Å². The molecule has 2 amide bonds. The van der Waals surface area contributed by atoms with Gasteiger partial charge in [-0.1, -0.05) is 12.1 Å². The van der Waals surface area contributed by atoms with E-state index in [0.29, 0.717) is 19.4 Å². The summed E-state index contributed by atoms with van der Waals surface area (Å²) < 4.78 is 1.77. The van der Waals surface area contributed by atoms with Crippen molar-refractivity contribution in [1.29, 1.82) is 0 Å². The Hall–Kier alpha value is -2.67. The second-order valence-electron chi connectivity index (χ2n) is 6.29. The number of carbonyl (C=O) groups is 2. The van der Waals surface area contributed by atoms with Crippen LogP contribution in [0.4, 0.5) is 5.69 Å². The standard InChI is InChI=1S/C18H23N5O2/c1-14(24)20-13-15-3-5-16(6-4-15)22-17(25)18(7-10-19-11-8-18)23-12-2-9-21-23/h2-6,9,12,19H,7-8,10-11,13H2,1H3,(H,20,24)(H,22,25). The second kappa shape index (κ2) is 7.48. The first-order valence-electron chi connectivity index (χ1n) is 8.46. The van der Waals surface area contributed by atoms with Crippen molar-refractivity contribution < 1.29 is 9.59 Å². The number of nitrogens with one attached hydrogen (secondary N) is 3. The molecule has 1 aromatic heterocycles. The van der Waals surface area contributed by atoms with Crippen molar-refractivity contribution >= 4 is 17.5 Å². The molecule has 1 aliphatic heterocycles. The molecule has 1 saturated heterocycles. The Morgan fingerprint density at radius 3 is 2.56 bits per heavy atom. The van der Waals surface area contributed by atoms with Crippen LogP contribution >= 0.6 is 0 Å². The number of hydrogen-bond donors (Lipinski definition) is 3. The highest BCUT2D eigenvalue weighted by molar-refractivity contribution is 5.96. The van der Waals surface area contributed by atoms with Crippen molar-refractivity contribution in [3.63, 3.8) is 0 Å². The minimum absolute atomic E-state index is 0.0488. The molecule has 1 aliphatic rings. The molecule has 132 valence electrons. The van der Waals surface area contributed by atoms with Gasteiger partial charge in [-0.2, -0.15) is 5.10 Å². The van der Waals surface area contributed by atoms with Gasteiger partial charge in [0.15, 0.2) is 0 Å². The van der Waals surface area contributed by atoms with Crippen LogP contribution in [0.25, 0.3) is 0 Å².